The van der Waals surface area contributed by atoms with Crippen LogP contribution in [-0.2, 0) is 0 Å². The number of phenolic OH excluding ortho intramolecular Hbond substituents is 1. The number of thioether (sulfide) groups is 1. The third-order valence-corrected chi connectivity index (χ3v) is 3.33. The van der Waals surface area contributed by atoms with E-state index in [1.165, 1.54) is 0 Å². The number of aromatic hydroxyl groups is 1. The molecule has 0 saturated carbocycles. The Labute approximate surface area is 105 Å². The lowest BCUT2D eigenvalue weighted by molar-refractivity contribution is 0.473. The van der Waals surface area contributed by atoms with Gasteiger partial charge in [0.05, 0.1) is 5.56 Å². The Morgan fingerprint density at radius 1 is 1.18 bits per heavy atom. The second-order valence-corrected chi connectivity index (χ2v) is 4.39. The molecule has 0 fully saturated rings. The van der Waals surface area contributed by atoms with Gasteiger partial charge in [-0.25, -0.2) is 0 Å². The molecular formula is C14H11NOS. The first-order valence-electron chi connectivity index (χ1n) is 5.12. The maximum atomic E-state index is 9.48. The standard InChI is InChI=1S/C14H11NOS/c1-17-14-5-3-2-4-12(14)10-6-7-13(16)11(8-10)9-15/h2-8,16H,1H3. The zero-order valence-corrected chi connectivity index (χ0v) is 10.2. The largest absolute Gasteiger partial charge is 0.507 e. The van der Waals surface area contributed by atoms with Crippen molar-refractivity contribution in [3.8, 4) is 22.9 Å². The van der Waals surface area contributed by atoms with Crippen molar-refractivity contribution >= 4 is 11.8 Å². The first-order valence-corrected chi connectivity index (χ1v) is 6.35. The van der Waals surface area contributed by atoms with Gasteiger partial charge in [0.15, 0.2) is 0 Å². The van der Waals surface area contributed by atoms with Gasteiger partial charge in [-0.3, -0.25) is 0 Å². The molecule has 1 N–H and O–H groups in total. The normalized spacial score (nSPS) is 9.88. The van der Waals surface area contributed by atoms with Crippen molar-refractivity contribution in [1.82, 2.24) is 0 Å². The summed E-state index contributed by atoms with van der Waals surface area (Å²) in [4.78, 5) is 1.15. The number of hydrogen-bond acceptors (Lipinski definition) is 3. The molecule has 0 aromatic heterocycles. The zero-order valence-electron chi connectivity index (χ0n) is 9.34. The Morgan fingerprint density at radius 2 is 1.94 bits per heavy atom. The van der Waals surface area contributed by atoms with E-state index < -0.39 is 0 Å². The molecule has 0 aliphatic rings. The van der Waals surface area contributed by atoms with Crippen LogP contribution in [0.3, 0.4) is 0 Å². The molecular weight excluding hydrogens is 230 g/mol. The highest BCUT2D eigenvalue weighted by molar-refractivity contribution is 7.98. The van der Waals surface area contributed by atoms with E-state index in [-0.39, 0.29) is 5.75 Å². The summed E-state index contributed by atoms with van der Waals surface area (Å²) in [5, 5.41) is 18.4. The fraction of sp³-hybridized carbons (Fsp3) is 0.0714. The van der Waals surface area contributed by atoms with Crippen LogP contribution in [0.15, 0.2) is 47.4 Å². The molecule has 84 valence electrons. The summed E-state index contributed by atoms with van der Waals surface area (Å²) in [5.74, 6) is 0.0258. The van der Waals surface area contributed by atoms with Gasteiger partial charge in [-0.1, -0.05) is 24.3 Å². The van der Waals surface area contributed by atoms with E-state index in [1.807, 2.05) is 42.7 Å². The van der Waals surface area contributed by atoms with E-state index in [0.29, 0.717) is 5.56 Å². The maximum absolute atomic E-state index is 9.48. The highest BCUT2D eigenvalue weighted by Gasteiger charge is 2.06. The van der Waals surface area contributed by atoms with Crippen LogP contribution >= 0.6 is 11.8 Å². The minimum absolute atomic E-state index is 0.0258. The Hall–Kier alpha value is -1.92. The average Bonchev–Trinajstić information content (AvgIpc) is 2.39. The molecule has 0 aliphatic carbocycles. The Balaban J connectivity index is 2.58. The number of nitriles is 1. The molecule has 0 saturated heterocycles. The van der Waals surface area contributed by atoms with Crippen LogP contribution in [0.5, 0.6) is 5.75 Å². The fourth-order valence-electron chi connectivity index (χ4n) is 1.68. The molecule has 0 atom stereocenters. The minimum Gasteiger partial charge on any atom is -0.507 e. The molecule has 17 heavy (non-hydrogen) atoms. The van der Waals surface area contributed by atoms with Crippen LogP contribution in [0.2, 0.25) is 0 Å². The van der Waals surface area contributed by atoms with Gasteiger partial charge in [0.2, 0.25) is 0 Å². The molecule has 0 amide bonds. The summed E-state index contributed by atoms with van der Waals surface area (Å²) >= 11 is 1.66. The third-order valence-electron chi connectivity index (χ3n) is 2.53. The summed E-state index contributed by atoms with van der Waals surface area (Å²) < 4.78 is 0. The topological polar surface area (TPSA) is 44.0 Å². The fourth-order valence-corrected chi connectivity index (χ4v) is 2.30. The molecule has 3 heteroatoms. The average molecular weight is 241 g/mol. The smallest absolute Gasteiger partial charge is 0.133 e. The summed E-state index contributed by atoms with van der Waals surface area (Å²) in [5.41, 5.74) is 2.33. The molecule has 0 aliphatic heterocycles. The van der Waals surface area contributed by atoms with Gasteiger partial charge in [-0.05, 0) is 35.6 Å². The van der Waals surface area contributed by atoms with E-state index in [4.69, 9.17) is 5.26 Å². The minimum atomic E-state index is 0.0258. The van der Waals surface area contributed by atoms with Crippen molar-refractivity contribution in [3.63, 3.8) is 0 Å². The van der Waals surface area contributed by atoms with E-state index >= 15 is 0 Å². The molecule has 0 spiro atoms. The summed E-state index contributed by atoms with van der Waals surface area (Å²) in [6.07, 6.45) is 2.02. The summed E-state index contributed by atoms with van der Waals surface area (Å²) in [6, 6.07) is 15.1. The zero-order chi connectivity index (χ0) is 12.3. The predicted octanol–water partition coefficient (Wildman–Crippen LogP) is 3.65. The van der Waals surface area contributed by atoms with E-state index in [0.717, 1.165) is 16.0 Å². The Kier molecular flexibility index (Phi) is 3.36. The quantitative estimate of drug-likeness (QED) is 0.816. The number of benzene rings is 2. The monoisotopic (exact) mass is 241 g/mol. The van der Waals surface area contributed by atoms with Gasteiger partial charge in [0, 0.05) is 4.90 Å². The van der Waals surface area contributed by atoms with E-state index in [9.17, 15) is 5.11 Å². The van der Waals surface area contributed by atoms with Crippen LogP contribution in [0.4, 0.5) is 0 Å². The van der Waals surface area contributed by atoms with Crippen LogP contribution in [0.1, 0.15) is 5.56 Å². The second-order valence-electron chi connectivity index (χ2n) is 3.54. The van der Waals surface area contributed by atoms with Crippen molar-refractivity contribution < 1.29 is 5.11 Å². The lowest BCUT2D eigenvalue weighted by Gasteiger charge is -2.08. The Bertz CT molecular complexity index is 587. The first-order chi connectivity index (χ1) is 8.26. The molecule has 2 rings (SSSR count). The molecule has 2 aromatic carbocycles. The summed E-state index contributed by atoms with van der Waals surface area (Å²) in [7, 11) is 0. The van der Waals surface area contributed by atoms with Gasteiger partial charge < -0.3 is 5.11 Å². The highest BCUT2D eigenvalue weighted by atomic mass is 32.2. The highest BCUT2D eigenvalue weighted by Crippen LogP contribution is 2.32. The van der Waals surface area contributed by atoms with Crippen molar-refractivity contribution in [2.75, 3.05) is 6.26 Å². The van der Waals surface area contributed by atoms with Gasteiger partial charge >= 0.3 is 0 Å². The van der Waals surface area contributed by atoms with Crippen molar-refractivity contribution in [2.24, 2.45) is 0 Å². The van der Waals surface area contributed by atoms with Crippen molar-refractivity contribution in [2.45, 2.75) is 4.90 Å². The van der Waals surface area contributed by atoms with Crippen LogP contribution < -0.4 is 0 Å². The van der Waals surface area contributed by atoms with Crippen LogP contribution in [0, 0.1) is 11.3 Å². The van der Waals surface area contributed by atoms with Crippen LogP contribution in [-0.4, -0.2) is 11.4 Å². The molecule has 0 radical (unpaired) electrons. The molecule has 0 unspecified atom stereocenters. The molecule has 0 bridgehead atoms. The van der Waals surface area contributed by atoms with Crippen LogP contribution in [0.25, 0.3) is 11.1 Å². The summed E-state index contributed by atoms with van der Waals surface area (Å²) in [6.45, 7) is 0. The molecule has 2 aromatic rings. The molecule has 2 nitrogen and oxygen atoms in total. The second kappa shape index (κ2) is 4.94. The lowest BCUT2D eigenvalue weighted by atomic mass is 10.0. The number of hydrogen-bond donors (Lipinski definition) is 1. The third kappa shape index (κ3) is 2.27. The van der Waals surface area contributed by atoms with E-state index in [1.54, 1.807) is 23.9 Å². The SMILES string of the molecule is CSc1ccccc1-c1ccc(O)c(C#N)c1. The number of rotatable bonds is 2. The first kappa shape index (κ1) is 11.6. The van der Waals surface area contributed by atoms with Gasteiger partial charge in [0.25, 0.3) is 0 Å². The number of nitrogens with zero attached hydrogens (tertiary/aromatic N) is 1. The van der Waals surface area contributed by atoms with Gasteiger partial charge in [-0.15, -0.1) is 11.8 Å². The lowest BCUT2D eigenvalue weighted by Crippen LogP contribution is -1.84. The van der Waals surface area contributed by atoms with Crippen molar-refractivity contribution in [1.29, 1.82) is 5.26 Å². The molecule has 0 heterocycles. The van der Waals surface area contributed by atoms with Crippen molar-refractivity contribution in [3.05, 3.63) is 48.0 Å². The van der Waals surface area contributed by atoms with Gasteiger partial charge in [-0.2, -0.15) is 5.26 Å². The maximum Gasteiger partial charge on any atom is 0.133 e. The number of phenols is 1. The van der Waals surface area contributed by atoms with E-state index in [2.05, 4.69) is 0 Å². The van der Waals surface area contributed by atoms with Gasteiger partial charge in [0.1, 0.15) is 11.8 Å². The predicted molar refractivity (Wildman–Crippen MR) is 70.0 cm³/mol. The Morgan fingerprint density at radius 3 is 2.65 bits per heavy atom.